The van der Waals surface area contributed by atoms with E-state index in [1.54, 1.807) is 0 Å². The summed E-state index contributed by atoms with van der Waals surface area (Å²) in [5.41, 5.74) is 2.68. The van der Waals surface area contributed by atoms with Crippen LogP contribution in [0.25, 0.3) is 0 Å². The molecule has 0 bridgehead atoms. The lowest BCUT2D eigenvalue weighted by Crippen LogP contribution is -2.14. The summed E-state index contributed by atoms with van der Waals surface area (Å²) in [5, 5.41) is 0. The Morgan fingerprint density at radius 2 is 2.42 bits per heavy atom. The van der Waals surface area contributed by atoms with Gasteiger partial charge in [0.25, 0.3) is 0 Å². The molecule has 0 aromatic heterocycles. The fourth-order valence-corrected chi connectivity index (χ4v) is 1.57. The highest BCUT2D eigenvalue weighted by Crippen LogP contribution is 2.20. The third kappa shape index (κ3) is 1.27. The van der Waals surface area contributed by atoms with Crippen molar-refractivity contribution in [1.82, 2.24) is 0 Å². The van der Waals surface area contributed by atoms with E-state index in [2.05, 4.69) is 42.3 Å². The Morgan fingerprint density at radius 3 is 3.25 bits per heavy atom. The first-order valence-electron chi connectivity index (χ1n) is 4.50. The van der Waals surface area contributed by atoms with Crippen LogP contribution in [0, 0.1) is 0 Å². The van der Waals surface area contributed by atoms with Crippen LogP contribution in [-0.2, 0) is 0 Å². The predicted molar refractivity (Wildman–Crippen MR) is 52.5 cm³/mol. The summed E-state index contributed by atoms with van der Waals surface area (Å²) in [6, 6.07) is 0.318. The Morgan fingerprint density at radius 1 is 1.50 bits per heavy atom. The molecular weight excluding hydrogens is 146 g/mol. The van der Waals surface area contributed by atoms with Crippen LogP contribution in [0.2, 0.25) is 0 Å². The summed E-state index contributed by atoms with van der Waals surface area (Å²) in [4.78, 5) is 4.63. The van der Waals surface area contributed by atoms with Crippen LogP contribution in [0.15, 0.2) is 40.9 Å². The molecule has 0 amide bonds. The highest BCUT2D eigenvalue weighted by molar-refractivity contribution is 5.87. The van der Waals surface area contributed by atoms with E-state index in [0.29, 0.717) is 6.04 Å². The first kappa shape index (κ1) is 7.53. The summed E-state index contributed by atoms with van der Waals surface area (Å²) >= 11 is 0. The molecule has 1 heterocycles. The van der Waals surface area contributed by atoms with Crippen LogP contribution >= 0.6 is 0 Å². The molecule has 0 saturated heterocycles. The van der Waals surface area contributed by atoms with Gasteiger partial charge in [-0.1, -0.05) is 37.3 Å². The Hall–Kier alpha value is -1.11. The normalized spacial score (nSPS) is 26.2. The Bertz CT molecular complexity index is 292. The summed E-state index contributed by atoms with van der Waals surface area (Å²) < 4.78 is 0. The second kappa shape index (κ2) is 3.10. The van der Waals surface area contributed by atoms with Crippen molar-refractivity contribution in [3.63, 3.8) is 0 Å². The summed E-state index contributed by atoms with van der Waals surface area (Å²) in [5.74, 6) is 0. The van der Waals surface area contributed by atoms with Crippen molar-refractivity contribution in [3.05, 3.63) is 36.0 Å². The molecule has 0 saturated carbocycles. The van der Waals surface area contributed by atoms with Gasteiger partial charge in [0.05, 0.1) is 6.04 Å². The molecule has 62 valence electrons. The number of dihydropyridines is 1. The van der Waals surface area contributed by atoms with Crippen molar-refractivity contribution in [2.45, 2.75) is 25.8 Å². The van der Waals surface area contributed by atoms with Crippen LogP contribution in [0.1, 0.15) is 19.8 Å². The van der Waals surface area contributed by atoms with Gasteiger partial charge in [0, 0.05) is 12.1 Å². The predicted octanol–water partition coefficient (Wildman–Crippen LogP) is 2.66. The third-order valence-corrected chi connectivity index (χ3v) is 2.34. The van der Waals surface area contributed by atoms with Gasteiger partial charge >= 0.3 is 0 Å². The largest absolute Gasteiger partial charge is 0.282 e. The molecule has 1 heteroatoms. The van der Waals surface area contributed by atoms with Crippen molar-refractivity contribution in [2.75, 3.05) is 0 Å². The maximum absolute atomic E-state index is 4.63. The van der Waals surface area contributed by atoms with E-state index in [1.165, 1.54) is 11.3 Å². The number of hydrogen-bond acceptors (Lipinski definition) is 1. The van der Waals surface area contributed by atoms with E-state index in [4.69, 9.17) is 0 Å². The van der Waals surface area contributed by atoms with Crippen molar-refractivity contribution in [1.29, 1.82) is 0 Å². The van der Waals surface area contributed by atoms with Gasteiger partial charge in [-0.3, -0.25) is 4.99 Å². The number of nitrogens with zero attached hydrogens (tertiary/aromatic N) is 1. The smallest absolute Gasteiger partial charge is 0.0929 e. The molecular formula is C11H13N. The molecule has 1 atom stereocenters. The quantitative estimate of drug-likeness (QED) is 0.557. The number of aliphatic imine (C=N–C) groups is 1. The third-order valence-electron chi connectivity index (χ3n) is 2.34. The standard InChI is InChI=1S/C11H13N/c1-2-10-8-7-9-5-3-4-6-11(9)12-10/h3-7,11H,2,8H2,1H3. The van der Waals surface area contributed by atoms with E-state index in [0.717, 1.165) is 12.8 Å². The molecule has 0 aromatic rings. The minimum Gasteiger partial charge on any atom is -0.282 e. The van der Waals surface area contributed by atoms with Crippen molar-refractivity contribution in [3.8, 4) is 0 Å². The second-order valence-electron chi connectivity index (χ2n) is 3.15. The molecule has 0 N–H and O–H groups in total. The Kier molecular flexibility index (Phi) is 1.94. The number of hydrogen-bond donors (Lipinski definition) is 0. The van der Waals surface area contributed by atoms with E-state index in [9.17, 15) is 0 Å². The summed E-state index contributed by atoms with van der Waals surface area (Å²) in [6.07, 6.45) is 12.9. The highest BCUT2D eigenvalue weighted by atomic mass is 14.8. The molecule has 1 aliphatic heterocycles. The molecule has 1 aliphatic carbocycles. The Labute approximate surface area is 73.2 Å². The molecule has 2 aliphatic rings. The zero-order valence-electron chi connectivity index (χ0n) is 7.33. The SMILES string of the molecule is CCC1=NC2C=CC=CC2=CC1. The highest BCUT2D eigenvalue weighted by Gasteiger charge is 2.14. The van der Waals surface area contributed by atoms with Gasteiger partial charge in [-0.05, 0) is 12.0 Å². The molecule has 0 fully saturated rings. The topological polar surface area (TPSA) is 12.4 Å². The van der Waals surface area contributed by atoms with Crippen molar-refractivity contribution in [2.24, 2.45) is 4.99 Å². The van der Waals surface area contributed by atoms with Crippen molar-refractivity contribution < 1.29 is 0 Å². The lowest BCUT2D eigenvalue weighted by molar-refractivity contribution is 0.920. The average molecular weight is 159 g/mol. The molecule has 12 heavy (non-hydrogen) atoms. The van der Waals surface area contributed by atoms with E-state index in [1.807, 2.05) is 0 Å². The van der Waals surface area contributed by atoms with Crippen molar-refractivity contribution >= 4 is 5.71 Å². The monoisotopic (exact) mass is 159 g/mol. The maximum atomic E-state index is 4.63. The number of fused-ring (bicyclic) bond motifs is 1. The van der Waals surface area contributed by atoms with Gasteiger partial charge < -0.3 is 0 Å². The Balaban J connectivity index is 2.23. The average Bonchev–Trinajstić information content (AvgIpc) is 2.17. The fourth-order valence-electron chi connectivity index (χ4n) is 1.57. The zero-order valence-corrected chi connectivity index (χ0v) is 7.33. The van der Waals surface area contributed by atoms with E-state index < -0.39 is 0 Å². The van der Waals surface area contributed by atoms with Gasteiger partial charge in [0.2, 0.25) is 0 Å². The van der Waals surface area contributed by atoms with E-state index in [-0.39, 0.29) is 0 Å². The lowest BCUT2D eigenvalue weighted by Gasteiger charge is -2.19. The first-order valence-corrected chi connectivity index (χ1v) is 4.50. The van der Waals surface area contributed by atoms with Gasteiger partial charge in [0.1, 0.15) is 0 Å². The van der Waals surface area contributed by atoms with Crippen LogP contribution in [0.4, 0.5) is 0 Å². The van der Waals surface area contributed by atoms with Crippen LogP contribution in [0.5, 0.6) is 0 Å². The second-order valence-corrected chi connectivity index (χ2v) is 3.15. The molecule has 1 unspecified atom stereocenters. The lowest BCUT2D eigenvalue weighted by atomic mass is 9.97. The zero-order chi connectivity index (χ0) is 8.39. The number of allylic oxidation sites excluding steroid dienone is 3. The van der Waals surface area contributed by atoms with Gasteiger partial charge in [0.15, 0.2) is 0 Å². The van der Waals surface area contributed by atoms with Crippen LogP contribution in [-0.4, -0.2) is 11.8 Å². The van der Waals surface area contributed by atoms with Crippen LogP contribution < -0.4 is 0 Å². The molecule has 0 spiro atoms. The summed E-state index contributed by atoms with van der Waals surface area (Å²) in [6.45, 7) is 2.17. The molecule has 0 radical (unpaired) electrons. The molecule has 1 nitrogen and oxygen atoms in total. The first-order chi connectivity index (χ1) is 5.90. The minimum absolute atomic E-state index is 0.318. The number of rotatable bonds is 1. The minimum atomic E-state index is 0.318. The molecule has 0 aromatic carbocycles. The van der Waals surface area contributed by atoms with Gasteiger partial charge in [-0.15, -0.1) is 0 Å². The van der Waals surface area contributed by atoms with Gasteiger partial charge in [-0.25, -0.2) is 0 Å². The van der Waals surface area contributed by atoms with Gasteiger partial charge in [-0.2, -0.15) is 0 Å². The molecule has 2 rings (SSSR count). The fraction of sp³-hybridized carbons (Fsp3) is 0.364. The van der Waals surface area contributed by atoms with Crippen LogP contribution in [0.3, 0.4) is 0 Å². The van der Waals surface area contributed by atoms with E-state index >= 15 is 0 Å². The summed E-state index contributed by atoms with van der Waals surface area (Å²) in [7, 11) is 0. The maximum Gasteiger partial charge on any atom is 0.0929 e.